The average molecular weight is 605 g/mol. The largest absolute Gasteiger partial charge is 0.493 e. The molecule has 4 aliphatic heterocycles. The highest BCUT2D eigenvalue weighted by Crippen LogP contribution is 2.63. The van der Waals surface area contributed by atoms with Crippen LogP contribution in [0, 0.1) is 23.2 Å². The molecule has 1 saturated carbocycles. The molecule has 1 unspecified atom stereocenters. The van der Waals surface area contributed by atoms with E-state index in [2.05, 4.69) is 27.1 Å². The molecule has 226 valence electrons. The van der Waals surface area contributed by atoms with Gasteiger partial charge in [0.1, 0.15) is 17.4 Å². The molecule has 7 rings (SSSR count). The van der Waals surface area contributed by atoms with Gasteiger partial charge in [-0.3, -0.25) is 9.80 Å². The molecule has 1 spiro atoms. The Labute approximate surface area is 252 Å². The zero-order chi connectivity index (χ0) is 29.4. The Balaban J connectivity index is 0.951. The minimum atomic E-state index is -2.67. The zero-order valence-electron chi connectivity index (χ0n) is 24.2. The Hall–Kier alpha value is -3.59. The lowest BCUT2D eigenvalue weighted by atomic mass is 9.91. The van der Waals surface area contributed by atoms with Gasteiger partial charge >= 0.3 is 11.9 Å². The lowest BCUT2D eigenvalue weighted by Gasteiger charge is -2.40. The molecule has 3 fully saturated rings. The van der Waals surface area contributed by atoms with E-state index in [1.165, 1.54) is 19.3 Å². The van der Waals surface area contributed by atoms with Crippen molar-refractivity contribution in [3.63, 3.8) is 0 Å². The lowest BCUT2D eigenvalue weighted by Crippen LogP contribution is -2.36. The van der Waals surface area contributed by atoms with Gasteiger partial charge in [-0.1, -0.05) is 15.7 Å². The maximum Gasteiger partial charge on any atom is 0.372 e. The van der Waals surface area contributed by atoms with Crippen LogP contribution in [0.15, 0.2) is 50.8 Å². The second kappa shape index (κ2) is 11.8. The fraction of sp³-hybridized carbons (Fsp3) is 0.500. The first-order valence-electron chi connectivity index (χ1n) is 15.3. The fourth-order valence-corrected chi connectivity index (χ4v) is 8.18. The van der Waals surface area contributed by atoms with Crippen LogP contribution < -0.4 is 4.74 Å². The molecule has 43 heavy (non-hydrogen) atoms. The summed E-state index contributed by atoms with van der Waals surface area (Å²) in [7, 11) is -2.67. The van der Waals surface area contributed by atoms with Crippen molar-refractivity contribution in [1.82, 2.24) is 15.0 Å². The topological polar surface area (TPSA) is 118 Å². The highest BCUT2D eigenvalue weighted by molar-refractivity contribution is 8.32. The predicted octanol–water partition coefficient (Wildman–Crippen LogP) is 5.06. The molecule has 0 bridgehead atoms. The van der Waals surface area contributed by atoms with Crippen molar-refractivity contribution in [1.29, 1.82) is 5.26 Å². The zero-order valence-corrected chi connectivity index (χ0v) is 25.0. The number of ether oxygens (including phenoxy) is 1. The highest BCUT2D eigenvalue weighted by Gasteiger charge is 2.38. The van der Waals surface area contributed by atoms with Crippen LogP contribution in [0.3, 0.4) is 0 Å². The van der Waals surface area contributed by atoms with E-state index in [1.807, 2.05) is 6.08 Å². The average Bonchev–Trinajstić information content (AvgIpc) is 3.64. The van der Waals surface area contributed by atoms with Crippen LogP contribution >= 0.6 is 10.6 Å². The van der Waals surface area contributed by atoms with E-state index in [9.17, 15) is 14.9 Å². The molecule has 1 aromatic carbocycles. The number of nitrogens with zero attached hydrogens (tertiary/aromatic N) is 4. The number of carbonyl (C=O) groups is 2. The summed E-state index contributed by atoms with van der Waals surface area (Å²) in [6.45, 7) is 6.17. The van der Waals surface area contributed by atoms with Crippen LogP contribution in [0.2, 0.25) is 0 Å². The third-order valence-electron chi connectivity index (χ3n) is 9.07. The van der Waals surface area contributed by atoms with Crippen molar-refractivity contribution < 1.29 is 27.2 Å². The molecule has 2 aromatic rings. The molecule has 0 N–H and O–H groups in total. The van der Waals surface area contributed by atoms with Gasteiger partial charge in [0.05, 0.1) is 28.8 Å². The Kier molecular flexibility index (Phi) is 7.76. The van der Waals surface area contributed by atoms with E-state index in [4.69, 9.17) is 17.6 Å². The Morgan fingerprint density at radius 1 is 1.02 bits per heavy atom. The molecule has 2 saturated heterocycles. The molecule has 5 aliphatic rings. The number of nitriles is 1. The van der Waals surface area contributed by atoms with Crippen molar-refractivity contribution in [3.8, 4) is 11.8 Å². The second-order valence-electron chi connectivity index (χ2n) is 12.1. The van der Waals surface area contributed by atoms with E-state index < -0.39 is 22.5 Å². The van der Waals surface area contributed by atoms with Gasteiger partial charge in [0.2, 0.25) is 0 Å². The molecule has 0 amide bonds. The molecule has 1 atom stereocenters. The molecule has 1 aromatic heterocycles. The third kappa shape index (κ3) is 5.96. The summed E-state index contributed by atoms with van der Waals surface area (Å²) in [5, 5.41) is 16.4. The number of carbonyl (C=O) groups excluding carboxylic acids is 2. The molecular formula is C32H36N4O6S. The van der Waals surface area contributed by atoms with Crippen LogP contribution in [-0.2, 0) is 30.9 Å². The first-order valence-corrected chi connectivity index (χ1v) is 16.8. The molecule has 0 radical (unpaired) electrons. The normalized spacial score (nSPS) is 26.2. The maximum atomic E-state index is 12.4. The van der Waals surface area contributed by atoms with E-state index >= 15 is 0 Å². The van der Waals surface area contributed by atoms with Crippen molar-refractivity contribution >= 4 is 33.5 Å². The second-order valence-corrected chi connectivity index (χ2v) is 14.4. The van der Waals surface area contributed by atoms with Gasteiger partial charge in [0.25, 0.3) is 0 Å². The molecular weight excluding hydrogens is 568 g/mol. The summed E-state index contributed by atoms with van der Waals surface area (Å²) in [5.41, 5.74) is 2.68. The van der Waals surface area contributed by atoms with E-state index in [-0.39, 0.29) is 5.57 Å². The Morgan fingerprint density at radius 3 is 2.58 bits per heavy atom. The quantitative estimate of drug-likeness (QED) is 0.364. The number of aryl methyl sites for hydroxylation is 1. The fourth-order valence-electron chi connectivity index (χ4n) is 6.12. The maximum absolute atomic E-state index is 12.4. The van der Waals surface area contributed by atoms with Gasteiger partial charge in [0, 0.05) is 23.9 Å². The summed E-state index contributed by atoms with van der Waals surface area (Å²) in [6, 6.07) is 5.95. The predicted molar refractivity (Wildman–Crippen MR) is 160 cm³/mol. The first-order chi connectivity index (χ1) is 21.0. The van der Waals surface area contributed by atoms with Gasteiger partial charge in [-0.05, 0) is 107 Å². The van der Waals surface area contributed by atoms with E-state index in [1.54, 1.807) is 17.6 Å². The van der Waals surface area contributed by atoms with Gasteiger partial charge in [-0.2, -0.15) is 5.26 Å². The summed E-state index contributed by atoms with van der Waals surface area (Å²) in [5.74, 6) is 0.642. The number of allylic oxidation sites excluding steroid dienone is 2. The van der Waals surface area contributed by atoms with Crippen molar-refractivity contribution in [3.05, 3.63) is 57.5 Å². The number of hydrogen-bond donors (Lipinski definition) is 0. The number of hydrogen-bond acceptors (Lipinski definition) is 10. The van der Waals surface area contributed by atoms with Crippen molar-refractivity contribution in [2.24, 2.45) is 11.8 Å². The number of fused-ring (bicyclic) bond motifs is 1. The Bertz CT molecular complexity index is 1560. The lowest BCUT2D eigenvalue weighted by molar-refractivity contribution is -0.129. The van der Waals surface area contributed by atoms with Crippen LogP contribution in [0.1, 0.15) is 49.8 Å². The Morgan fingerprint density at radius 2 is 1.84 bits per heavy atom. The summed E-state index contributed by atoms with van der Waals surface area (Å²) in [4.78, 5) is 30.2. The molecule has 1 aliphatic carbocycles. The van der Waals surface area contributed by atoms with Crippen LogP contribution in [0.5, 0.6) is 5.75 Å². The number of aromatic nitrogens is 1. The number of piperidine rings is 1. The highest BCUT2D eigenvalue weighted by atomic mass is 32.3. The third-order valence-corrected chi connectivity index (χ3v) is 11.4. The van der Waals surface area contributed by atoms with E-state index in [0.29, 0.717) is 18.4 Å². The van der Waals surface area contributed by atoms with Crippen LogP contribution in [0.4, 0.5) is 0 Å². The molecule has 5 heterocycles. The standard InChI is InChI=1S/C32H36N4O6S/c33-18-24-17-30(37)41-43(42-32(24)38)16-1-3-25(43)19-36-14-10-22(11-15-36)6-8-28-26-7-9-29(39-21-23-4-5-23)27(31(26)40-34-28)20-35-12-2-13-35/h1,3,7,9,16-17,22-23H,2,4-6,8,10-15,19-21H2. The van der Waals surface area contributed by atoms with Gasteiger partial charge < -0.3 is 17.6 Å². The summed E-state index contributed by atoms with van der Waals surface area (Å²) < 4.78 is 23.4. The smallest absolute Gasteiger partial charge is 0.372 e. The number of likely N-dealkylation sites (tertiary alicyclic amines) is 2. The van der Waals surface area contributed by atoms with Crippen LogP contribution in [-0.4, -0.2) is 66.2 Å². The summed E-state index contributed by atoms with van der Waals surface area (Å²) >= 11 is 0. The van der Waals surface area contributed by atoms with Gasteiger partial charge in [0.15, 0.2) is 5.58 Å². The first kappa shape index (κ1) is 28.2. The van der Waals surface area contributed by atoms with Crippen LogP contribution in [0.25, 0.3) is 11.0 Å². The minimum absolute atomic E-state index is 0.343. The SMILES string of the molecule is N#CC1=CC(=O)OS2(C=CC=C2CN2CCC(CCc3noc4c(CN5CCC5)c(OCC5CC5)ccc34)CC2)OC1=O. The summed E-state index contributed by atoms with van der Waals surface area (Å²) in [6.07, 6.45) is 12.3. The van der Waals surface area contributed by atoms with Crippen molar-refractivity contribution in [2.45, 2.75) is 51.5 Å². The molecule has 10 nitrogen and oxygen atoms in total. The molecule has 11 heteroatoms. The van der Waals surface area contributed by atoms with Gasteiger partial charge in [-0.15, -0.1) is 0 Å². The number of benzene rings is 1. The van der Waals surface area contributed by atoms with Crippen molar-refractivity contribution in [2.75, 3.05) is 39.3 Å². The monoisotopic (exact) mass is 604 g/mol. The number of rotatable bonds is 10. The van der Waals surface area contributed by atoms with E-state index in [0.717, 1.165) is 104 Å². The minimum Gasteiger partial charge on any atom is -0.493 e. The van der Waals surface area contributed by atoms with Gasteiger partial charge in [-0.25, -0.2) is 9.59 Å².